The first-order valence-corrected chi connectivity index (χ1v) is 6.73. The molecule has 0 aliphatic heterocycles. The van der Waals surface area contributed by atoms with Crippen molar-refractivity contribution in [2.24, 2.45) is 0 Å². The monoisotopic (exact) mass is 249 g/mol. The van der Waals surface area contributed by atoms with E-state index in [9.17, 15) is 4.79 Å². The van der Waals surface area contributed by atoms with Gasteiger partial charge in [0.15, 0.2) is 0 Å². The minimum absolute atomic E-state index is 0.0417. The average Bonchev–Trinajstić information content (AvgIpc) is 2.37. The lowest BCUT2D eigenvalue weighted by atomic mass is 10.1. The molecule has 1 atom stereocenters. The van der Waals surface area contributed by atoms with E-state index in [1.54, 1.807) is 24.3 Å². The largest absolute Gasteiger partial charge is 0.459 e. The highest BCUT2D eigenvalue weighted by Crippen LogP contribution is 2.14. The molecule has 0 spiro atoms. The van der Waals surface area contributed by atoms with Crippen LogP contribution in [0.3, 0.4) is 0 Å². The lowest BCUT2D eigenvalue weighted by Crippen LogP contribution is -2.18. The fourth-order valence-corrected chi connectivity index (χ4v) is 1.85. The molecule has 18 heavy (non-hydrogen) atoms. The number of benzene rings is 1. The Morgan fingerprint density at radius 2 is 1.83 bits per heavy atom. The lowest BCUT2D eigenvalue weighted by Gasteiger charge is -2.17. The molecule has 0 heterocycles. The first-order valence-electron chi connectivity index (χ1n) is 6.73. The Morgan fingerprint density at radius 3 is 2.39 bits per heavy atom. The summed E-state index contributed by atoms with van der Waals surface area (Å²) >= 11 is 0. The first-order chi connectivity index (χ1) is 8.67. The molecule has 3 heteroatoms. The van der Waals surface area contributed by atoms with E-state index in [1.165, 1.54) is 0 Å². The maximum Gasteiger partial charge on any atom is 0.338 e. The predicted molar refractivity (Wildman–Crippen MR) is 74.5 cm³/mol. The minimum Gasteiger partial charge on any atom is -0.459 e. The number of carbonyl (C=O) groups is 1. The number of hydrogen-bond acceptors (Lipinski definition) is 3. The van der Waals surface area contributed by atoms with Crippen LogP contribution in [0.1, 0.15) is 56.3 Å². The van der Waals surface area contributed by atoms with E-state index < -0.39 is 0 Å². The maximum atomic E-state index is 11.9. The molecule has 0 aliphatic carbocycles. The van der Waals surface area contributed by atoms with Gasteiger partial charge >= 0.3 is 5.97 Å². The molecule has 0 amide bonds. The third-order valence-electron chi connectivity index (χ3n) is 2.91. The highest BCUT2D eigenvalue weighted by molar-refractivity contribution is 5.89. The molecule has 0 saturated heterocycles. The van der Waals surface area contributed by atoms with Crippen molar-refractivity contribution in [3.63, 3.8) is 0 Å². The van der Waals surface area contributed by atoms with Crippen molar-refractivity contribution in [3.05, 3.63) is 29.8 Å². The summed E-state index contributed by atoms with van der Waals surface area (Å²) in [5.74, 6) is -0.246. The zero-order valence-electron chi connectivity index (χ0n) is 11.3. The van der Waals surface area contributed by atoms with Gasteiger partial charge in [0.2, 0.25) is 0 Å². The summed E-state index contributed by atoms with van der Waals surface area (Å²) in [6.45, 7) is 4.25. The van der Waals surface area contributed by atoms with Crippen LogP contribution in [0.2, 0.25) is 0 Å². The third-order valence-corrected chi connectivity index (χ3v) is 2.91. The van der Waals surface area contributed by atoms with Gasteiger partial charge in [-0.25, -0.2) is 4.79 Å². The normalized spacial score (nSPS) is 12.1. The molecule has 0 aliphatic rings. The molecule has 0 fully saturated rings. The van der Waals surface area contributed by atoms with Gasteiger partial charge in [-0.05, 0) is 37.1 Å². The van der Waals surface area contributed by atoms with Crippen LogP contribution in [-0.2, 0) is 4.74 Å². The summed E-state index contributed by atoms with van der Waals surface area (Å²) in [4.78, 5) is 11.9. The molecule has 0 bridgehead atoms. The van der Waals surface area contributed by atoms with E-state index in [4.69, 9.17) is 10.5 Å². The van der Waals surface area contributed by atoms with Crippen LogP contribution in [0.15, 0.2) is 24.3 Å². The van der Waals surface area contributed by atoms with E-state index in [0.29, 0.717) is 11.3 Å². The van der Waals surface area contributed by atoms with E-state index >= 15 is 0 Å². The Labute approximate surface area is 109 Å². The van der Waals surface area contributed by atoms with Crippen molar-refractivity contribution in [2.45, 2.75) is 52.1 Å². The molecular formula is C15H23NO2. The van der Waals surface area contributed by atoms with E-state index in [1.807, 2.05) is 0 Å². The van der Waals surface area contributed by atoms with Gasteiger partial charge in [0.25, 0.3) is 0 Å². The summed E-state index contributed by atoms with van der Waals surface area (Å²) in [5.41, 5.74) is 6.82. The van der Waals surface area contributed by atoms with Crippen molar-refractivity contribution in [1.29, 1.82) is 0 Å². The number of carbonyl (C=O) groups excluding carboxylic acids is 1. The van der Waals surface area contributed by atoms with Gasteiger partial charge in [-0.2, -0.15) is 0 Å². The number of nitrogens with two attached hydrogens (primary N) is 1. The zero-order chi connectivity index (χ0) is 13.4. The summed E-state index contributed by atoms with van der Waals surface area (Å²) in [6, 6.07) is 6.86. The third kappa shape index (κ3) is 4.78. The average molecular weight is 249 g/mol. The molecule has 0 radical (unpaired) electrons. The van der Waals surface area contributed by atoms with Crippen LogP contribution in [0, 0.1) is 0 Å². The Kier molecular flexibility index (Phi) is 6.26. The van der Waals surface area contributed by atoms with Crippen molar-refractivity contribution < 1.29 is 9.53 Å². The SMILES string of the molecule is CCCCC(CCC)OC(=O)c1ccc(N)cc1. The second-order valence-corrected chi connectivity index (χ2v) is 4.58. The summed E-state index contributed by atoms with van der Waals surface area (Å²) < 4.78 is 5.54. The van der Waals surface area contributed by atoms with Crippen LogP contribution < -0.4 is 5.73 Å². The van der Waals surface area contributed by atoms with E-state index in [0.717, 1.165) is 32.1 Å². The Hall–Kier alpha value is -1.51. The van der Waals surface area contributed by atoms with Gasteiger partial charge in [-0.3, -0.25) is 0 Å². The van der Waals surface area contributed by atoms with Crippen molar-refractivity contribution in [2.75, 3.05) is 5.73 Å². The zero-order valence-corrected chi connectivity index (χ0v) is 11.3. The Morgan fingerprint density at radius 1 is 1.17 bits per heavy atom. The standard InChI is InChI=1S/C15H23NO2/c1-3-5-7-14(6-4-2)18-15(17)12-8-10-13(16)11-9-12/h8-11,14H,3-7,16H2,1-2H3. The summed E-state index contributed by atoms with van der Waals surface area (Å²) in [5, 5.41) is 0. The fourth-order valence-electron chi connectivity index (χ4n) is 1.85. The van der Waals surface area contributed by atoms with Crippen LogP contribution in [0.5, 0.6) is 0 Å². The molecule has 1 aromatic rings. The molecule has 3 nitrogen and oxygen atoms in total. The van der Waals surface area contributed by atoms with Gasteiger partial charge in [-0.15, -0.1) is 0 Å². The van der Waals surface area contributed by atoms with E-state index in [2.05, 4.69) is 13.8 Å². The number of esters is 1. The number of rotatable bonds is 7. The second kappa shape index (κ2) is 7.75. The van der Waals surface area contributed by atoms with Crippen LogP contribution in [-0.4, -0.2) is 12.1 Å². The Balaban J connectivity index is 2.56. The molecule has 0 aromatic heterocycles. The molecule has 1 aromatic carbocycles. The van der Waals surface area contributed by atoms with Crippen molar-refractivity contribution in [1.82, 2.24) is 0 Å². The minimum atomic E-state index is -0.246. The number of unbranched alkanes of at least 4 members (excludes halogenated alkanes) is 1. The topological polar surface area (TPSA) is 52.3 Å². The van der Waals surface area contributed by atoms with Gasteiger partial charge < -0.3 is 10.5 Å². The maximum absolute atomic E-state index is 11.9. The van der Waals surface area contributed by atoms with Crippen LogP contribution in [0.25, 0.3) is 0 Å². The van der Waals surface area contributed by atoms with Gasteiger partial charge in [0, 0.05) is 5.69 Å². The fraction of sp³-hybridized carbons (Fsp3) is 0.533. The Bertz CT molecular complexity index is 359. The number of anilines is 1. The molecule has 0 saturated carbocycles. The lowest BCUT2D eigenvalue weighted by molar-refractivity contribution is 0.0255. The quantitative estimate of drug-likeness (QED) is 0.591. The van der Waals surface area contributed by atoms with Gasteiger partial charge in [-0.1, -0.05) is 33.1 Å². The molecule has 2 N–H and O–H groups in total. The van der Waals surface area contributed by atoms with Crippen LogP contribution >= 0.6 is 0 Å². The van der Waals surface area contributed by atoms with Gasteiger partial charge in [0.1, 0.15) is 6.10 Å². The molecule has 1 unspecified atom stereocenters. The first kappa shape index (κ1) is 14.6. The highest BCUT2D eigenvalue weighted by atomic mass is 16.5. The molecular weight excluding hydrogens is 226 g/mol. The van der Waals surface area contributed by atoms with Gasteiger partial charge in [0.05, 0.1) is 5.56 Å². The van der Waals surface area contributed by atoms with Crippen LogP contribution in [0.4, 0.5) is 5.69 Å². The van der Waals surface area contributed by atoms with Crippen molar-refractivity contribution >= 4 is 11.7 Å². The van der Waals surface area contributed by atoms with Crippen molar-refractivity contribution in [3.8, 4) is 0 Å². The highest BCUT2D eigenvalue weighted by Gasteiger charge is 2.14. The predicted octanol–water partition coefficient (Wildman–Crippen LogP) is 3.78. The smallest absolute Gasteiger partial charge is 0.338 e. The summed E-state index contributed by atoms with van der Waals surface area (Å²) in [7, 11) is 0. The molecule has 100 valence electrons. The number of nitrogen functional groups attached to an aromatic ring is 1. The number of hydrogen-bond donors (Lipinski definition) is 1. The molecule has 1 rings (SSSR count). The van der Waals surface area contributed by atoms with E-state index in [-0.39, 0.29) is 12.1 Å². The second-order valence-electron chi connectivity index (χ2n) is 4.58. The summed E-state index contributed by atoms with van der Waals surface area (Å²) in [6.07, 6.45) is 5.18. The number of ether oxygens (including phenoxy) is 1.